The molecule has 0 unspecified atom stereocenters. The topological polar surface area (TPSA) is 58.2 Å². The van der Waals surface area contributed by atoms with E-state index in [1.165, 1.54) is 6.07 Å². The Morgan fingerprint density at radius 3 is 2.75 bits per heavy atom. The van der Waals surface area contributed by atoms with Crippen LogP contribution in [0.15, 0.2) is 34.7 Å². The summed E-state index contributed by atoms with van der Waals surface area (Å²) in [4.78, 5) is 0.206. The van der Waals surface area contributed by atoms with Gasteiger partial charge in [-0.05, 0) is 37.6 Å². The summed E-state index contributed by atoms with van der Waals surface area (Å²) in [5.74, 6) is 0. The molecule has 0 fully saturated rings. The molecule has 0 saturated heterocycles. The number of rotatable bonds is 4. The molecule has 7 heteroatoms. The minimum absolute atomic E-state index is 0. The van der Waals surface area contributed by atoms with Gasteiger partial charge in [0.25, 0.3) is 0 Å². The fourth-order valence-corrected chi connectivity index (χ4v) is 3.15. The third-order valence-corrected chi connectivity index (χ3v) is 4.91. The van der Waals surface area contributed by atoms with Crippen LogP contribution in [0.4, 0.5) is 0 Å². The zero-order valence-electron chi connectivity index (χ0n) is 11.1. The van der Waals surface area contributed by atoms with Crippen molar-refractivity contribution in [2.45, 2.75) is 18.2 Å². The highest BCUT2D eigenvalue weighted by Gasteiger charge is 2.15. The van der Waals surface area contributed by atoms with Crippen LogP contribution < -0.4 is 10.0 Å². The normalized spacial score (nSPS) is 15.4. The molecule has 1 aliphatic rings. The highest BCUT2D eigenvalue weighted by Crippen LogP contribution is 2.20. The van der Waals surface area contributed by atoms with Gasteiger partial charge in [0, 0.05) is 18.1 Å². The predicted octanol–water partition coefficient (Wildman–Crippen LogP) is 2.27. The molecule has 1 aliphatic heterocycles. The van der Waals surface area contributed by atoms with Gasteiger partial charge in [-0.1, -0.05) is 29.3 Å². The largest absolute Gasteiger partial charge is 0.313 e. The van der Waals surface area contributed by atoms with Crippen molar-refractivity contribution in [1.29, 1.82) is 0 Å². The lowest BCUT2D eigenvalue weighted by Crippen LogP contribution is -2.29. The molecule has 1 aromatic carbocycles. The van der Waals surface area contributed by atoms with Gasteiger partial charge in [0.2, 0.25) is 10.0 Å². The summed E-state index contributed by atoms with van der Waals surface area (Å²) < 4.78 is 26.9. The Balaban J connectivity index is 0.00000200. The van der Waals surface area contributed by atoms with E-state index in [0.717, 1.165) is 30.6 Å². The second kappa shape index (κ2) is 7.43. The maximum absolute atomic E-state index is 12.1. The fraction of sp³-hybridized carbons (Fsp3) is 0.385. The molecule has 20 heavy (non-hydrogen) atoms. The van der Waals surface area contributed by atoms with Crippen LogP contribution in [0.3, 0.4) is 0 Å². The Bertz CT molecular complexity index is 600. The molecule has 4 nitrogen and oxygen atoms in total. The molecule has 0 radical (unpaired) electrons. The Labute approximate surface area is 131 Å². The van der Waals surface area contributed by atoms with Gasteiger partial charge < -0.3 is 5.32 Å². The molecule has 0 aromatic heterocycles. The number of nitrogens with one attached hydrogen (secondary N) is 2. The van der Waals surface area contributed by atoms with Gasteiger partial charge in [-0.2, -0.15) is 0 Å². The first kappa shape index (κ1) is 17.5. The predicted molar refractivity (Wildman–Crippen MR) is 84.2 cm³/mol. The average Bonchev–Trinajstić information content (AvgIpc) is 2.41. The number of hydrogen-bond acceptors (Lipinski definition) is 3. The second-order valence-corrected chi connectivity index (χ2v) is 6.73. The first-order valence-corrected chi connectivity index (χ1v) is 7.99. The van der Waals surface area contributed by atoms with Crippen LogP contribution in [0, 0.1) is 6.92 Å². The lowest BCUT2D eigenvalue weighted by Gasteiger charge is -2.15. The molecular weight excluding hydrogens is 319 g/mol. The maximum Gasteiger partial charge on any atom is 0.240 e. The first-order valence-electron chi connectivity index (χ1n) is 6.13. The van der Waals surface area contributed by atoms with Gasteiger partial charge in [-0.25, -0.2) is 13.1 Å². The van der Waals surface area contributed by atoms with Crippen LogP contribution in [0.1, 0.15) is 12.0 Å². The van der Waals surface area contributed by atoms with Gasteiger partial charge in [0.1, 0.15) is 0 Å². The van der Waals surface area contributed by atoms with Crippen LogP contribution in [0.2, 0.25) is 5.02 Å². The van der Waals surface area contributed by atoms with Crippen molar-refractivity contribution in [3.05, 3.63) is 40.4 Å². The minimum atomic E-state index is -3.49. The van der Waals surface area contributed by atoms with Crippen molar-refractivity contribution in [3.8, 4) is 0 Å². The van der Waals surface area contributed by atoms with E-state index in [2.05, 4.69) is 10.0 Å². The van der Waals surface area contributed by atoms with Gasteiger partial charge >= 0.3 is 0 Å². The third kappa shape index (κ3) is 4.46. The SMILES string of the molecule is Cc1ccc(S(=O)(=O)NCC2=CCNCC2)cc1Cl.Cl. The van der Waals surface area contributed by atoms with E-state index in [9.17, 15) is 8.42 Å². The van der Waals surface area contributed by atoms with Gasteiger partial charge in [0.15, 0.2) is 0 Å². The van der Waals surface area contributed by atoms with Crippen LogP contribution in [-0.2, 0) is 10.0 Å². The number of benzene rings is 1. The van der Waals surface area contributed by atoms with Crippen LogP contribution in [0.25, 0.3) is 0 Å². The van der Waals surface area contributed by atoms with Crippen LogP contribution >= 0.6 is 24.0 Å². The van der Waals surface area contributed by atoms with E-state index in [0.29, 0.717) is 11.6 Å². The standard InChI is InChI=1S/C13H17ClN2O2S.ClH/c1-10-2-3-12(8-13(10)14)19(17,18)16-9-11-4-6-15-7-5-11;/h2-4,8,15-16H,5-7,9H2,1H3;1H. The molecule has 1 aromatic rings. The summed E-state index contributed by atoms with van der Waals surface area (Å²) in [5.41, 5.74) is 1.97. The summed E-state index contributed by atoms with van der Waals surface area (Å²) in [6.07, 6.45) is 2.89. The molecule has 0 aliphatic carbocycles. The van der Waals surface area contributed by atoms with Gasteiger partial charge in [0.05, 0.1) is 4.90 Å². The van der Waals surface area contributed by atoms with Gasteiger partial charge in [-0.15, -0.1) is 12.4 Å². The van der Waals surface area contributed by atoms with Crippen LogP contribution in [0.5, 0.6) is 0 Å². The molecule has 0 saturated carbocycles. The van der Waals surface area contributed by atoms with Crippen molar-refractivity contribution < 1.29 is 8.42 Å². The maximum atomic E-state index is 12.1. The number of hydrogen-bond donors (Lipinski definition) is 2. The summed E-state index contributed by atoms with van der Waals surface area (Å²) in [6.45, 7) is 3.89. The Morgan fingerprint density at radius 1 is 1.40 bits per heavy atom. The highest BCUT2D eigenvalue weighted by molar-refractivity contribution is 7.89. The molecule has 0 atom stereocenters. The minimum Gasteiger partial charge on any atom is -0.313 e. The number of aryl methyl sites for hydroxylation is 1. The van der Waals surface area contributed by atoms with Crippen molar-refractivity contribution in [2.75, 3.05) is 19.6 Å². The molecule has 0 amide bonds. The fourth-order valence-electron chi connectivity index (χ4n) is 1.84. The van der Waals surface area contributed by atoms with E-state index < -0.39 is 10.0 Å². The van der Waals surface area contributed by atoms with Crippen LogP contribution in [-0.4, -0.2) is 28.1 Å². The zero-order valence-corrected chi connectivity index (χ0v) is 13.5. The molecular formula is C13H18Cl2N2O2S. The quantitative estimate of drug-likeness (QED) is 0.829. The van der Waals surface area contributed by atoms with E-state index >= 15 is 0 Å². The van der Waals surface area contributed by atoms with E-state index in [1.54, 1.807) is 12.1 Å². The third-order valence-electron chi connectivity index (χ3n) is 3.10. The molecule has 1 heterocycles. The van der Waals surface area contributed by atoms with E-state index in [1.807, 2.05) is 13.0 Å². The highest BCUT2D eigenvalue weighted by atomic mass is 35.5. The molecule has 2 N–H and O–H groups in total. The Hall–Kier alpha value is -0.590. The van der Waals surface area contributed by atoms with Crippen molar-refractivity contribution in [1.82, 2.24) is 10.0 Å². The average molecular weight is 337 g/mol. The van der Waals surface area contributed by atoms with Crippen molar-refractivity contribution in [3.63, 3.8) is 0 Å². The number of halogens is 2. The summed E-state index contributed by atoms with van der Waals surface area (Å²) in [5, 5.41) is 3.65. The van der Waals surface area contributed by atoms with Crippen molar-refractivity contribution in [2.24, 2.45) is 0 Å². The number of sulfonamides is 1. The summed E-state index contributed by atoms with van der Waals surface area (Å²) >= 11 is 5.96. The van der Waals surface area contributed by atoms with E-state index in [4.69, 9.17) is 11.6 Å². The Kier molecular flexibility index (Phi) is 6.48. The Morgan fingerprint density at radius 2 is 2.15 bits per heavy atom. The van der Waals surface area contributed by atoms with E-state index in [-0.39, 0.29) is 17.3 Å². The zero-order chi connectivity index (χ0) is 13.9. The molecule has 2 rings (SSSR count). The first-order chi connectivity index (χ1) is 8.99. The monoisotopic (exact) mass is 336 g/mol. The summed E-state index contributed by atoms with van der Waals surface area (Å²) in [6, 6.07) is 4.76. The molecule has 112 valence electrons. The lowest BCUT2D eigenvalue weighted by molar-refractivity contribution is 0.582. The van der Waals surface area contributed by atoms with Crippen molar-refractivity contribution >= 4 is 34.0 Å². The molecule has 0 bridgehead atoms. The summed E-state index contributed by atoms with van der Waals surface area (Å²) in [7, 11) is -3.49. The smallest absolute Gasteiger partial charge is 0.240 e. The molecule has 0 spiro atoms. The second-order valence-electron chi connectivity index (χ2n) is 4.55. The van der Waals surface area contributed by atoms with Gasteiger partial charge in [-0.3, -0.25) is 0 Å². The lowest BCUT2D eigenvalue weighted by atomic mass is 10.1.